The van der Waals surface area contributed by atoms with Crippen LogP contribution in [0.4, 0.5) is 0 Å². The van der Waals surface area contributed by atoms with Gasteiger partial charge in [-0.15, -0.1) is 0 Å². The molecule has 0 bridgehead atoms. The molecule has 18 heavy (non-hydrogen) atoms. The fraction of sp³-hybridized carbons (Fsp3) is 0.462. The van der Waals surface area contributed by atoms with E-state index in [9.17, 15) is 13.2 Å². The highest BCUT2D eigenvalue weighted by atomic mass is 32.2. The summed E-state index contributed by atoms with van der Waals surface area (Å²) in [7, 11) is -3.08. The van der Waals surface area contributed by atoms with Crippen LogP contribution in [0.3, 0.4) is 0 Å². The van der Waals surface area contributed by atoms with E-state index in [1.54, 1.807) is 24.3 Å². The number of rotatable bonds is 5. The summed E-state index contributed by atoms with van der Waals surface area (Å²) in [6, 6.07) is 6.71. The second-order valence-corrected chi connectivity index (χ2v) is 7.01. The van der Waals surface area contributed by atoms with E-state index in [4.69, 9.17) is 0 Å². The minimum Gasteiger partial charge on any atom is -0.352 e. The van der Waals surface area contributed by atoms with Gasteiger partial charge in [-0.3, -0.25) is 4.79 Å². The van der Waals surface area contributed by atoms with Gasteiger partial charge in [-0.2, -0.15) is 0 Å². The molecule has 1 aromatic carbocycles. The molecule has 0 spiro atoms. The Labute approximate surface area is 108 Å². The molecule has 0 saturated heterocycles. The largest absolute Gasteiger partial charge is 0.352 e. The zero-order valence-corrected chi connectivity index (χ0v) is 11.8. The Morgan fingerprint density at radius 3 is 2.56 bits per heavy atom. The van der Waals surface area contributed by atoms with Crippen molar-refractivity contribution in [1.29, 1.82) is 0 Å². The maximum absolute atomic E-state index is 11.8. The second-order valence-electron chi connectivity index (χ2n) is 4.87. The van der Waals surface area contributed by atoms with Crippen LogP contribution in [-0.4, -0.2) is 27.1 Å². The molecule has 4 nitrogen and oxygen atoms in total. The molecule has 1 N–H and O–H groups in total. The van der Waals surface area contributed by atoms with Gasteiger partial charge in [0.15, 0.2) is 9.84 Å². The Morgan fingerprint density at radius 2 is 2.00 bits per heavy atom. The molecule has 1 aromatic rings. The van der Waals surface area contributed by atoms with Gasteiger partial charge < -0.3 is 5.32 Å². The van der Waals surface area contributed by atoms with Crippen LogP contribution in [0.1, 0.15) is 29.8 Å². The predicted octanol–water partition coefficient (Wildman–Crippen LogP) is 1.62. The van der Waals surface area contributed by atoms with Gasteiger partial charge in [-0.25, -0.2) is 8.42 Å². The minimum atomic E-state index is -3.08. The first-order valence-electron chi connectivity index (χ1n) is 5.83. The molecule has 5 heteroatoms. The van der Waals surface area contributed by atoms with Crippen LogP contribution < -0.4 is 5.32 Å². The van der Waals surface area contributed by atoms with Gasteiger partial charge in [0.2, 0.25) is 0 Å². The Morgan fingerprint density at radius 1 is 1.33 bits per heavy atom. The molecule has 1 rings (SSSR count). The fourth-order valence-corrected chi connectivity index (χ4v) is 2.29. The molecule has 0 unspecified atom stereocenters. The molecule has 0 atom stereocenters. The number of amides is 1. The lowest BCUT2D eigenvalue weighted by atomic mass is 10.1. The van der Waals surface area contributed by atoms with Gasteiger partial charge in [-0.05, 0) is 23.6 Å². The third-order valence-corrected chi connectivity index (χ3v) is 3.15. The molecule has 0 fully saturated rings. The van der Waals surface area contributed by atoms with Gasteiger partial charge in [0.25, 0.3) is 5.91 Å². The van der Waals surface area contributed by atoms with Gasteiger partial charge in [0.05, 0.1) is 5.75 Å². The number of carbonyl (C=O) groups excluding carboxylic acids is 1. The first-order chi connectivity index (χ1) is 8.28. The monoisotopic (exact) mass is 269 g/mol. The SMILES string of the molecule is CC(C)CNC(=O)c1cccc(CS(C)(=O)=O)c1. The van der Waals surface area contributed by atoms with Crippen LogP contribution in [0, 0.1) is 5.92 Å². The topological polar surface area (TPSA) is 63.2 Å². The lowest BCUT2D eigenvalue weighted by Gasteiger charge is -2.08. The minimum absolute atomic E-state index is 0.0434. The van der Waals surface area contributed by atoms with Gasteiger partial charge in [0, 0.05) is 18.4 Å². The summed E-state index contributed by atoms with van der Waals surface area (Å²) in [6.07, 6.45) is 1.18. The quantitative estimate of drug-likeness (QED) is 0.883. The van der Waals surface area contributed by atoms with E-state index in [1.807, 2.05) is 13.8 Å². The lowest BCUT2D eigenvalue weighted by Crippen LogP contribution is -2.27. The lowest BCUT2D eigenvalue weighted by molar-refractivity contribution is 0.0949. The molecule has 0 aliphatic rings. The molecular formula is C13H19NO3S. The Kier molecular flexibility index (Phi) is 4.90. The van der Waals surface area contributed by atoms with E-state index in [-0.39, 0.29) is 11.7 Å². The molecule has 0 aliphatic heterocycles. The van der Waals surface area contributed by atoms with Crippen molar-refractivity contribution in [3.8, 4) is 0 Å². The first-order valence-corrected chi connectivity index (χ1v) is 7.89. The first kappa shape index (κ1) is 14.7. The van der Waals surface area contributed by atoms with Crippen LogP contribution >= 0.6 is 0 Å². The Hall–Kier alpha value is -1.36. The number of hydrogen-bond donors (Lipinski definition) is 1. The average molecular weight is 269 g/mol. The molecule has 0 radical (unpaired) electrons. The maximum Gasteiger partial charge on any atom is 0.251 e. The summed E-state index contributed by atoms with van der Waals surface area (Å²) in [5.41, 5.74) is 1.13. The van der Waals surface area contributed by atoms with Gasteiger partial charge in [-0.1, -0.05) is 26.0 Å². The van der Waals surface area contributed by atoms with E-state index in [0.717, 1.165) is 0 Å². The molecule has 0 saturated carbocycles. The van der Waals surface area contributed by atoms with Crippen molar-refractivity contribution in [3.05, 3.63) is 35.4 Å². The van der Waals surface area contributed by atoms with Gasteiger partial charge >= 0.3 is 0 Å². The van der Waals surface area contributed by atoms with E-state index >= 15 is 0 Å². The standard InChI is InChI=1S/C13H19NO3S/c1-10(2)8-14-13(15)12-6-4-5-11(7-12)9-18(3,16)17/h4-7,10H,8-9H2,1-3H3,(H,14,15). The van der Waals surface area contributed by atoms with Crippen molar-refractivity contribution >= 4 is 15.7 Å². The summed E-state index contributed by atoms with van der Waals surface area (Å²) in [4.78, 5) is 11.8. The van der Waals surface area contributed by atoms with E-state index in [2.05, 4.69) is 5.32 Å². The highest BCUT2D eigenvalue weighted by Gasteiger charge is 2.09. The maximum atomic E-state index is 11.8. The van der Waals surface area contributed by atoms with Gasteiger partial charge in [0.1, 0.15) is 0 Å². The highest BCUT2D eigenvalue weighted by molar-refractivity contribution is 7.89. The highest BCUT2D eigenvalue weighted by Crippen LogP contribution is 2.09. The third-order valence-electron chi connectivity index (χ3n) is 2.29. The van der Waals surface area contributed by atoms with E-state index < -0.39 is 9.84 Å². The molecular weight excluding hydrogens is 250 g/mol. The summed E-state index contributed by atoms with van der Waals surface area (Å²) < 4.78 is 22.4. The van der Waals surface area contributed by atoms with Crippen molar-refractivity contribution in [1.82, 2.24) is 5.32 Å². The van der Waals surface area contributed by atoms with Crippen molar-refractivity contribution in [2.75, 3.05) is 12.8 Å². The van der Waals surface area contributed by atoms with Crippen LogP contribution in [0.25, 0.3) is 0 Å². The fourth-order valence-electron chi connectivity index (χ4n) is 1.50. The summed E-state index contributed by atoms with van der Waals surface area (Å²) in [6.45, 7) is 4.63. The third kappa shape index (κ3) is 5.31. The van der Waals surface area contributed by atoms with Crippen LogP contribution in [0.15, 0.2) is 24.3 Å². The van der Waals surface area contributed by atoms with E-state index in [1.165, 1.54) is 6.26 Å². The van der Waals surface area contributed by atoms with Crippen molar-refractivity contribution in [2.24, 2.45) is 5.92 Å². The summed E-state index contributed by atoms with van der Waals surface area (Å²) in [5, 5.41) is 2.80. The predicted molar refractivity (Wildman–Crippen MR) is 72.2 cm³/mol. The summed E-state index contributed by atoms with van der Waals surface area (Å²) >= 11 is 0. The van der Waals surface area contributed by atoms with Crippen molar-refractivity contribution in [2.45, 2.75) is 19.6 Å². The molecule has 0 aromatic heterocycles. The average Bonchev–Trinajstić information content (AvgIpc) is 2.23. The van der Waals surface area contributed by atoms with Crippen LogP contribution in [0.2, 0.25) is 0 Å². The Bertz CT molecular complexity index is 521. The molecule has 0 aliphatic carbocycles. The van der Waals surface area contributed by atoms with Crippen LogP contribution in [-0.2, 0) is 15.6 Å². The van der Waals surface area contributed by atoms with E-state index in [0.29, 0.717) is 23.6 Å². The van der Waals surface area contributed by atoms with Crippen molar-refractivity contribution < 1.29 is 13.2 Å². The number of carbonyl (C=O) groups is 1. The van der Waals surface area contributed by atoms with Crippen molar-refractivity contribution in [3.63, 3.8) is 0 Å². The number of sulfone groups is 1. The Balaban J connectivity index is 2.79. The zero-order chi connectivity index (χ0) is 13.8. The summed E-state index contributed by atoms with van der Waals surface area (Å²) in [5.74, 6) is 0.172. The second kappa shape index (κ2) is 6.00. The molecule has 0 heterocycles. The number of benzene rings is 1. The normalized spacial score (nSPS) is 11.6. The smallest absolute Gasteiger partial charge is 0.251 e. The number of nitrogens with one attached hydrogen (secondary N) is 1. The zero-order valence-electron chi connectivity index (χ0n) is 10.9. The molecule has 100 valence electrons. The van der Waals surface area contributed by atoms with Crippen LogP contribution in [0.5, 0.6) is 0 Å². The number of hydrogen-bond acceptors (Lipinski definition) is 3. The molecule has 1 amide bonds.